The molecule has 2 saturated carbocycles. The van der Waals surface area contributed by atoms with E-state index in [0.717, 1.165) is 17.3 Å². The van der Waals surface area contributed by atoms with Crippen LogP contribution in [0.5, 0.6) is 0 Å². The fourth-order valence-electron chi connectivity index (χ4n) is 2.80. The fourth-order valence-corrected chi connectivity index (χ4v) is 2.80. The van der Waals surface area contributed by atoms with Crippen molar-refractivity contribution in [1.82, 2.24) is 0 Å². The van der Waals surface area contributed by atoms with Crippen LogP contribution in [0, 0.1) is 17.3 Å². The molecule has 0 amide bonds. The zero-order chi connectivity index (χ0) is 7.90. The summed E-state index contributed by atoms with van der Waals surface area (Å²) in [6.45, 7) is 4.89. The summed E-state index contributed by atoms with van der Waals surface area (Å²) in [5.41, 5.74) is 0.773. The van der Waals surface area contributed by atoms with E-state index in [1.807, 2.05) is 0 Å². The molecule has 0 spiro atoms. The number of rotatable bonds is 2. The lowest BCUT2D eigenvalue weighted by Crippen LogP contribution is -2.04. The second kappa shape index (κ2) is 2.50. The third-order valence-corrected chi connectivity index (χ3v) is 4.03. The summed E-state index contributed by atoms with van der Waals surface area (Å²) in [6.07, 6.45) is 9.12. The first kappa shape index (κ1) is 7.64. The van der Waals surface area contributed by atoms with Crippen LogP contribution in [0.15, 0.2) is 0 Å². The maximum atomic E-state index is 2.48. The van der Waals surface area contributed by atoms with Crippen molar-refractivity contribution >= 4 is 0 Å². The average Bonchev–Trinajstić information content (AvgIpc) is 2.43. The molecule has 0 heteroatoms. The summed E-state index contributed by atoms with van der Waals surface area (Å²) in [5.74, 6) is 2.13. The van der Waals surface area contributed by atoms with Crippen LogP contribution in [0.4, 0.5) is 0 Å². The largest absolute Gasteiger partial charge is 0.0620 e. The lowest BCUT2D eigenvalue weighted by molar-refractivity contribution is 0.360. The van der Waals surface area contributed by atoms with Gasteiger partial charge in [0.1, 0.15) is 0 Å². The van der Waals surface area contributed by atoms with Crippen LogP contribution in [-0.2, 0) is 0 Å². The summed E-state index contributed by atoms with van der Waals surface area (Å²) in [7, 11) is 0. The van der Waals surface area contributed by atoms with E-state index in [2.05, 4.69) is 13.8 Å². The maximum absolute atomic E-state index is 2.48. The van der Waals surface area contributed by atoms with Crippen molar-refractivity contribution in [3.63, 3.8) is 0 Å². The Morgan fingerprint density at radius 2 is 1.82 bits per heavy atom. The van der Waals surface area contributed by atoms with Crippen LogP contribution in [0.2, 0.25) is 0 Å². The summed E-state index contributed by atoms with van der Waals surface area (Å²) in [6, 6.07) is 0. The molecule has 0 aliphatic heterocycles. The van der Waals surface area contributed by atoms with Gasteiger partial charge in [-0.2, -0.15) is 0 Å². The molecule has 0 aromatic carbocycles. The highest BCUT2D eigenvalue weighted by molar-refractivity contribution is 4.97. The van der Waals surface area contributed by atoms with Gasteiger partial charge in [-0.05, 0) is 30.1 Å². The Hall–Kier alpha value is 0. The highest BCUT2D eigenvalue weighted by Gasteiger charge is 2.47. The van der Waals surface area contributed by atoms with Gasteiger partial charge in [-0.3, -0.25) is 0 Å². The fraction of sp³-hybridized carbons (Fsp3) is 1.00. The van der Waals surface area contributed by atoms with Gasteiger partial charge in [0.25, 0.3) is 0 Å². The quantitative estimate of drug-likeness (QED) is 0.567. The molecule has 0 radical (unpaired) electrons. The van der Waals surface area contributed by atoms with Gasteiger partial charge in [0, 0.05) is 0 Å². The van der Waals surface area contributed by atoms with E-state index in [-0.39, 0.29) is 0 Å². The Labute approximate surface area is 70.4 Å². The molecule has 0 nitrogen and oxygen atoms in total. The van der Waals surface area contributed by atoms with E-state index < -0.39 is 0 Å². The Morgan fingerprint density at radius 1 is 1.27 bits per heavy atom. The number of hydrogen-bond donors (Lipinski definition) is 0. The molecule has 2 rings (SSSR count). The van der Waals surface area contributed by atoms with Crippen molar-refractivity contribution in [3.8, 4) is 0 Å². The van der Waals surface area contributed by atoms with Crippen molar-refractivity contribution in [1.29, 1.82) is 0 Å². The monoisotopic (exact) mass is 152 g/mol. The molecular weight excluding hydrogens is 132 g/mol. The van der Waals surface area contributed by atoms with E-state index in [1.165, 1.54) is 38.5 Å². The van der Waals surface area contributed by atoms with Gasteiger partial charge in [-0.15, -0.1) is 0 Å². The summed E-state index contributed by atoms with van der Waals surface area (Å²) in [5, 5.41) is 0. The van der Waals surface area contributed by atoms with E-state index in [1.54, 1.807) is 0 Å². The molecule has 11 heavy (non-hydrogen) atoms. The molecule has 0 saturated heterocycles. The maximum Gasteiger partial charge on any atom is -0.0295 e. The lowest BCUT2D eigenvalue weighted by atomic mass is 9.91. The summed E-state index contributed by atoms with van der Waals surface area (Å²) >= 11 is 0. The van der Waals surface area contributed by atoms with Crippen LogP contribution in [0.25, 0.3) is 0 Å². The first-order chi connectivity index (χ1) is 5.21. The topological polar surface area (TPSA) is 0 Å². The molecule has 0 aromatic rings. The molecule has 2 fully saturated rings. The van der Waals surface area contributed by atoms with Crippen LogP contribution in [0.3, 0.4) is 0 Å². The van der Waals surface area contributed by atoms with Gasteiger partial charge in [0.05, 0.1) is 0 Å². The van der Waals surface area contributed by atoms with Crippen molar-refractivity contribution < 1.29 is 0 Å². The first-order valence-electron chi connectivity index (χ1n) is 5.21. The molecule has 0 N–H and O–H groups in total. The second-order valence-electron chi connectivity index (χ2n) is 5.11. The van der Waals surface area contributed by atoms with Gasteiger partial charge in [-0.25, -0.2) is 0 Å². The molecule has 0 heterocycles. The predicted molar refractivity (Wildman–Crippen MR) is 48.5 cm³/mol. The SMILES string of the molecule is CC1C[C@@]1(C)CC1CCCC1. The highest BCUT2D eigenvalue weighted by atomic mass is 14.5. The minimum absolute atomic E-state index is 0.773. The first-order valence-corrected chi connectivity index (χ1v) is 5.21. The predicted octanol–water partition coefficient (Wildman–Crippen LogP) is 3.61. The number of hydrogen-bond acceptors (Lipinski definition) is 0. The summed E-state index contributed by atoms with van der Waals surface area (Å²) < 4.78 is 0. The van der Waals surface area contributed by atoms with Gasteiger partial charge in [0.15, 0.2) is 0 Å². The van der Waals surface area contributed by atoms with E-state index >= 15 is 0 Å². The summed E-state index contributed by atoms with van der Waals surface area (Å²) in [4.78, 5) is 0. The van der Waals surface area contributed by atoms with Gasteiger partial charge >= 0.3 is 0 Å². The third-order valence-electron chi connectivity index (χ3n) is 4.03. The molecule has 0 bridgehead atoms. The van der Waals surface area contributed by atoms with E-state index in [0.29, 0.717) is 0 Å². The normalized spacial score (nSPS) is 44.7. The molecule has 1 unspecified atom stereocenters. The van der Waals surface area contributed by atoms with E-state index in [9.17, 15) is 0 Å². The Bertz CT molecular complexity index is 144. The minimum atomic E-state index is 0.773. The Kier molecular flexibility index (Phi) is 1.74. The van der Waals surface area contributed by atoms with Gasteiger partial charge < -0.3 is 0 Å². The zero-order valence-corrected chi connectivity index (χ0v) is 7.90. The molecule has 2 aliphatic carbocycles. The Morgan fingerprint density at radius 3 is 2.27 bits per heavy atom. The van der Waals surface area contributed by atoms with Crippen LogP contribution >= 0.6 is 0 Å². The molecule has 2 aliphatic rings. The molecule has 0 aromatic heterocycles. The van der Waals surface area contributed by atoms with Gasteiger partial charge in [-0.1, -0.05) is 39.5 Å². The lowest BCUT2D eigenvalue weighted by Gasteiger charge is -2.15. The smallest absolute Gasteiger partial charge is 0.0295 e. The zero-order valence-electron chi connectivity index (χ0n) is 7.90. The second-order valence-corrected chi connectivity index (χ2v) is 5.11. The van der Waals surface area contributed by atoms with Crippen LogP contribution < -0.4 is 0 Å². The molecule has 64 valence electrons. The van der Waals surface area contributed by atoms with Crippen LogP contribution in [0.1, 0.15) is 52.4 Å². The highest BCUT2D eigenvalue weighted by Crippen LogP contribution is 2.57. The van der Waals surface area contributed by atoms with Gasteiger partial charge in [0.2, 0.25) is 0 Å². The minimum Gasteiger partial charge on any atom is -0.0620 e. The van der Waals surface area contributed by atoms with E-state index in [4.69, 9.17) is 0 Å². The molecular formula is C11H20. The average molecular weight is 152 g/mol. The Balaban J connectivity index is 1.81. The third kappa shape index (κ3) is 1.45. The van der Waals surface area contributed by atoms with Crippen LogP contribution in [-0.4, -0.2) is 0 Å². The standard InChI is InChI=1S/C11H20/c1-9-7-11(9,2)8-10-5-3-4-6-10/h9-10H,3-8H2,1-2H3/t9?,11-/m0/s1. The van der Waals surface area contributed by atoms with Crippen molar-refractivity contribution in [2.75, 3.05) is 0 Å². The van der Waals surface area contributed by atoms with Crippen molar-refractivity contribution in [2.24, 2.45) is 17.3 Å². The molecule has 2 atom stereocenters. The van der Waals surface area contributed by atoms with Crippen molar-refractivity contribution in [2.45, 2.75) is 52.4 Å². The van der Waals surface area contributed by atoms with Crippen molar-refractivity contribution in [3.05, 3.63) is 0 Å².